The number of fused-ring (bicyclic) bond motifs is 1. The zero-order valence-electron chi connectivity index (χ0n) is 17.7. The van der Waals surface area contributed by atoms with Gasteiger partial charge in [-0.25, -0.2) is 13.4 Å². The molecule has 4 rings (SSSR count). The molecule has 4 aromatic rings. The van der Waals surface area contributed by atoms with Gasteiger partial charge in [0.05, 0.1) is 21.6 Å². The van der Waals surface area contributed by atoms with Gasteiger partial charge in [0, 0.05) is 18.5 Å². The molecule has 1 heterocycles. The monoisotopic (exact) mass is 447 g/mol. The summed E-state index contributed by atoms with van der Waals surface area (Å²) in [6, 6.07) is 21.3. The SMILES string of the molecule is CCCn1c(Cc2ccc(C(=N)N)cc2)nc2ccc(NS(=O)(=O)c3ccccc3)cc21. The summed E-state index contributed by atoms with van der Waals surface area (Å²) in [4.78, 5) is 5.02. The van der Waals surface area contributed by atoms with Crippen LogP contribution in [0.2, 0.25) is 0 Å². The predicted octanol–water partition coefficient (Wildman–Crippen LogP) is 4.12. The third-order valence-corrected chi connectivity index (χ3v) is 6.60. The zero-order valence-corrected chi connectivity index (χ0v) is 18.6. The summed E-state index contributed by atoms with van der Waals surface area (Å²) in [5.41, 5.74) is 9.49. The van der Waals surface area contributed by atoms with Crippen LogP contribution in [-0.4, -0.2) is 23.8 Å². The van der Waals surface area contributed by atoms with Crippen LogP contribution in [0.5, 0.6) is 0 Å². The molecule has 0 aliphatic carbocycles. The van der Waals surface area contributed by atoms with E-state index < -0.39 is 10.0 Å². The first-order valence-corrected chi connectivity index (χ1v) is 11.9. The first-order valence-electron chi connectivity index (χ1n) is 10.4. The molecule has 32 heavy (non-hydrogen) atoms. The highest BCUT2D eigenvalue weighted by atomic mass is 32.2. The first kappa shape index (κ1) is 21.6. The lowest BCUT2D eigenvalue weighted by Crippen LogP contribution is -2.12. The summed E-state index contributed by atoms with van der Waals surface area (Å²) in [6.07, 6.45) is 1.54. The molecule has 0 unspecified atom stereocenters. The van der Waals surface area contributed by atoms with E-state index in [1.165, 1.54) is 0 Å². The van der Waals surface area contributed by atoms with Gasteiger partial charge in [0.2, 0.25) is 0 Å². The fourth-order valence-corrected chi connectivity index (χ4v) is 4.71. The standard InChI is InChI=1S/C24H25N5O2S/c1-2-14-29-22-16-19(28-32(30,31)20-6-4-3-5-7-20)12-13-21(22)27-23(29)15-17-8-10-18(11-9-17)24(25)26/h3-13,16,28H,2,14-15H2,1H3,(H3,25,26). The number of hydrogen-bond acceptors (Lipinski definition) is 4. The molecule has 0 saturated heterocycles. The number of benzene rings is 3. The Balaban J connectivity index is 1.67. The van der Waals surface area contributed by atoms with Crippen molar-refractivity contribution in [2.75, 3.05) is 4.72 Å². The van der Waals surface area contributed by atoms with Crippen molar-refractivity contribution in [3.05, 3.63) is 89.7 Å². The Labute approximate surface area is 187 Å². The van der Waals surface area contributed by atoms with Gasteiger partial charge in [-0.2, -0.15) is 0 Å². The Hall–Kier alpha value is -3.65. The fourth-order valence-electron chi connectivity index (χ4n) is 3.64. The van der Waals surface area contributed by atoms with Crippen LogP contribution in [0.3, 0.4) is 0 Å². The normalized spacial score (nSPS) is 11.5. The second kappa shape index (κ2) is 8.84. The number of nitrogens with one attached hydrogen (secondary N) is 2. The molecule has 0 radical (unpaired) electrons. The second-order valence-corrected chi connectivity index (χ2v) is 9.27. The molecule has 8 heteroatoms. The second-order valence-electron chi connectivity index (χ2n) is 7.59. The summed E-state index contributed by atoms with van der Waals surface area (Å²) >= 11 is 0. The number of nitrogen functional groups attached to an aromatic ring is 1. The van der Waals surface area contributed by atoms with Crippen molar-refractivity contribution in [2.45, 2.75) is 31.2 Å². The van der Waals surface area contributed by atoms with E-state index in [2.05, 4.69) is 16.2 Å². The molecule has 0 aliphatic rings. The third kappa shape index (κ3) is 4.50. The predicted molar refractivity (Wildman–Crippen MR) is 128 cm³/mol. The summed E-state index contributed by atoms with van der Waals surface area (Å²) in [5, 5.41) is 7.54. The van der Waals surface area contributed by atoms with E-state index in [-0.39, 0.29) is 10.7 Å². The molecule has 164 valence electrons. The lowest BCUT2D eigenvalue weighted by Gasteiger charge is -2.10. The van der Waals surface area contributed by atoms with Crippen LogP contribution < -0.4 is 10.5 Å². The Kier molecular flexibility index (Phi) is 5.96. The van der Waals surface area contributed by atoms with Crippen LogP contribution in [0.4, 0.5) is 5.69 Å². The van der Waals surface area contributed by atoms with Crippen molar-refractivity contribution in [1.29, 1.82) is 5.41 Å². The maximum atomic E-state index is 12.7. The molecule has 4 N–H and O–H groups in total. The van der Waals surface area contributed by atoms with Crippen LogP contribution in [-0.2, 0) is 23.0 Å². The lowest BCUT2D eigenvalue weighted by atomic mass is 10.1. The minimum Gasteiger partial charge on any atom is -0.384 e. The molecule has 0 saturated carbocycles. The Morgan fingerprint density at radius 2 is 1.78 bits per heavy atom. The number of nitrogens with two attached hydrogens (primary N) is 1. The molecule has 0 spiro atoms. The van der Waals surface area contributed by atoms with Crippen molar-refractivity contribution >= 4 is 32.6 Å². The quantitative estimate of drug-likeness (QED) is 0.278. The number of amidine groups is 1. The van der Waals surface area contributed by atoms with Crippen LogP contribution in [0, 0.1) is 5.41 Å². The number of imidazole rings is 1. The molecule has 3 aromatic carbocycles. The van der Waals surface area contributed by atoms with Gasteiger partial charge in [0.1, 0.15) is 11.7 Å². The average Bonchev–Trinajstić information content (AvgIpc) is 3.11. The zero-order chi connectivity index (χ0) is 22.7. The molecule has 1 aromatic heterocycles. The maximum Gasteiger partial charge on any atom is 0.261 e. The number of aromatic nitrogens is 2. The molecular weight excluding hydrogens is 422 g/mol. The van der Waals surface area contributed by atoms with Crippen LogP contribution in [0.25, 0.3) is 11.0 Å². The third-order valence-electron chi connectivity index (χ3n) is 5.21. The van der Waals surface area contributed by atoms with Gasteiger partial charge in [-0.1, -0.05) is 49.4 Å². The van der Waals surface area contributed by atoms with Crippen molar-refractivity contribution in [1.82, 2.24) is 9.55 Å². The molecule has 7 nitrogen and oxygen atoms in total. The Morgan fingerprint density at radius 1 is 1.06 bits per heavy atom. The van der Waals surface area contributed by atoms with Crippen molar-refractivity contribution < 1.29 is 8.42 Å². The molecular formula is C24H25N5O2S. The highest BCUT2D eigenvalue weighted by molar-refractivity contribution is 7.92. The van der Waals surface area contributed by atoms with Crippen LogP contribution in [0.15, 0.2) is 77.7 Å². The fraction of sp³-hybridized carbons (Fsp3) is 0.167. The Bertz CT molecular complexity index is 1360. The number of nitrogens with zero attached hydrogens (tertiary/aromatic N) is 2. The first-order chi connectivity index (χ1) is 15.4. The van der Waals surface area contributed by atoms with Gasteiger partial charge >= 0.3 is 0 Å². The van der Waals surface area contributed by atoms with E-state index in [1.807, 2.05) is 36.4 Å². The van der Waals surface area contributed by atoms with Crippen LogP contribution in [0.1, 0.15) is 30.3 Å². The number of aryl methyl sites for hydroxylation is 1. The average molecular weight is 448 g/mol. The van der Waals surface area contributed by atoms with E-state index >= 15 is 0 Å². The molecule has 0 bridgehead atoms. The van der Waals surface area contributed by atoms with Crippen molar-refractivity contribution in [3.63, 3.8) is 0 Å². The number of sulfonamides is 1. The van der Waals surface area contributed by atoms with E-state index in [1.54, 1.807) is 36.4 Å². The van der Waals surface area contributed by atoms with Crippen molar-refractivity contribution in [2.24, 2.45) is 5.73 Å². The maximum absolute atomic E-state index is 12.7. The van der Waals surface area contributed by atoms with Gasteiger partial charge in [-0.3, -0.25) is 10.1 Å². The number of hydrogen-bond donors (Lipinski definition) is 3. The van der Waals surface area contributed by atoms with Gasteiger partial charge in [-0.05, 0) is 42.3 Å². The molecule has 0 atom stereocenters. The smallest absolute Gasteiger partial charge is 0.261 e. The molecule has 0 amide bonds. The number of rotatable bonds is 8. The minimum absolute atomic E-state index is 0.0419. The largest absolute Gasteiger partial charge is 0.384 e. The highest BCUT2D eigenvalue weighted by Crippen LogP contribution is 2.25. The topological polar surface area (TPSA) is 114 Å². The van der Waals surface area contributed by atoms with Crippen LogP contribution >= 0.6 is 0 Å². The Morgan fingerprint density at radius 3 is 2.44 bits per heavy atom. The minimum atomic E-state index is -3.67. The number of anilines is 1. The van der Waals surface area contributed by atoms with Crippen molar-refractivity contribution in [3.8, 4) is 0 Å². The summed E-state index contributed by atoms with van der Waals surface area (Å²) in [5.74, 6) is 0.945. The van der Waals surface area contributed by atoms with E-state index in [4.69, 9.17) is 16.1 Å². The van der Waals surface area contributed by atoms with Gasteiger partial charge < -0.3 is 10.3 Å². The summed E-state index contributed by atoms with van der Waals surface area (Å²) < 4.78 is 30.2. The van der Waals surface area contributed by atoms with Gasteiger partial charge in [-0.15, -0.1) is 0 Å². The summed E-state index contributed by atoms with van der Waals surface area (Å²) in [7, 11) is -3.67. The molecule has 0 fully saturated rings. The lowest BCUT2D eigenvalue weighted by molar-refractivity contribution is 0.601. The highest BCUT2D eigenvalue weighted by Gasteiger charge is 2.16. The molecule has 0 aliphatic heterocycles. The van der Waals surface area contributed by atoms with Gasteiger partial charge in [0.25, 0.3) is 10.0 Å². The van der Waals surface area contributed by atoms with E-state index in [0.717, 1.165) is 35.4 Å². The summed E-state index contributed by atoms with van der Waals surface area (Å²) in [6.45, 7) is 2.87. The van der Waals surface area contributed by atoms with Gasteiger partial charge in [0.15, 0.2) is 0 Å². The van der Waals surface area contributed by atoms with E-state index in [0.29, 0.717) is 17.7 Å². The van der Waals surface area contributed by atoms with E-state index in [9.17, 15) is 8.42 Å².